The van der Waals surface area contributed by atoms with Gasteiger partial charge in [-0.3, -0.25) is 0 Å². The summed E-state index contributed by atoms with van der Waals surface area (Å²) in [7, 11) is 0. The maximum Gasteiger partial charge on any atom is 0.137 e. The van der Waals surface area contributed by atoms with Crippen LogP contribution in [0.2, 0.25) is 0 Å². The Balaban J connectivity index is 1.75. The van der Waals surface area contributed by atoms with Crippen molar-refractivity contribution in [3.8, 4) is 0 Å². The van der Waals surface area contributed by atoms with Crippen LogP contribution in [0.3, 0.4) is 0 Å². The first-order chi connectivity index (χ1) is 9.65. The molecule has 0 saturated heterocycles. The van der Waals surface area contributed by atoms with Gasteiger partial charge in [-0.2, -0.15) is 0 Å². The maximum absolute atomic E-state index is 13.8. The third-order valence-electron chi connectivity index (χ3n) is 3.77. The smallest absolute Gasteiger partial charge is 0.137 e. The van der Waals surface area contributed by atoms with Gasteiger partial charge in [-0.1, -0.05) is 12.1 Å². The zero-order chi connectivity index (χ0) is 14.1. The summed E-state index contributed by atoms with van der Waals surface area (Å²) in [6, 6.07) is 7.93. The van der Waals surface area contributed by atoms with Crippen molar-refractivity contribution in [1.29, 1.82) is 0 Å². The second-order valence-corrected chi connectivity index (χ2v) is 7.63. The molecule has 1 aromatic carbocycles. The van der Waals surface area contributed by atoms with E-state index in [1.54, 1.807) is 17.8 Å². The standard InChI is InChI=1S/C16H18FNS2/c1-10-8-12(20-11(10)2)9-18-15-6-7-19-16-13(15)4-3-5-14(16)17/h3-5,8,15,18H,6-7,9H2,1-2H3. The number of benzene rings is 1. The number of hydrogen-bond acceptors (Lipinski definition) is 3. The zero-order valence-corrected chi connectivity index (χ0v) is 13.3. The average Bonchev–Trinajstić information content (AvgIpc) is 2.76. The van der Waals surface area contributed by atoms with E-state index >= 15 is 0 Å². The minimum absolute atomic E-state index is 0.0817. The van der Waals surface area contributed by atoms with Crippen molar-refractivity contribution < 1.29 is 4.39 Å². The predicted molar refractivity (Wildman–Crippen MR) is 85.1 cm³/mol. The Morgan fingerprint density at radius 2 is 2.20 bits per heavy atom. The molecule has 1 aliphatic heterocycles. The van der Waals surface area contributed by atoms with Crippen molar-refractivity contribution in [2.75, 3.05) is 5.75 Å². The first-order valence-electron chi connectivity index (χ1n) is 6.85. The molecule has 2 heterocycles. The largest absolute Gasteiger partial charge is 0.305 e. The van der Waals surface area contributed by atoms with E-state index in [2.05, 4.69) is 25.2 Å². The highest BCUT2D eigenvalue weighted by Gasteiger charge is 2.22. The van der Waals surface area contributed by atoms with Crippen LogP contribution in [-0.4, -0.2) is 5.75 Å². The van der Waals surface area contributed by atoms with Crippen molar-refractivity contribution in [2.24, 2.45) is 0 Å². The minimum Gasteiger partial charge on any atom is -0.305 e. The van der Waals surface area contributed by atoms with Crippen molar-refractivity contribution in [3.05, 3.63) is 51.0 Å². The first-order valence-corrected chi connectivity index (χ1v) is 8.66. The van der Waals surface area contributed by atoms with Crippen LogP contribution in [0.25, 0.3) is 0 Å². The quantitative estimate of drug-likeness (QED) is 0.871. The number of nitrogens with one attached hydrogen (secondary N) is 1. The fraction of sp³-hybridized carbons (Fsp3) is 0.375. The Kier molecular flexibility index (Phi) is 4.15. The first kappa shape index (κ1) is 14.1. The predicted octanol–water partition coefficient (Wildman–Crippen LogP) is 4.83. The van der Waals surface area contributed by atoms with E-state index in [-0.39, 0.29) is 11.9 Å². The van der Waals surface area contributed by atoms with Gasteiger partial charge in [-0.15, -0.1) is 23.1 Å². The molecule has 1 atom stereocenters. The second-order valence-electron chi connectivity index (χ2n) is 5.18. The number of halogens is 1. The molecule has 4 heteroatoms. The molecular weight excluding hydrogens is 289 g/mol. The third kappa shape index (κ3) is 2.78. The Bertz CT molecular complexity index is 601. The number of fused-ring (bicyclic) bond motifs is 1. The van der Waals surface area contributed by atoms with Crippen LogP contribution >= 0.6 is 23.1 Å². The van der Waals surface area contributed by atoms with Gasteiger partial charge in [0.15, 0.2) is 0 Å². The molecule has 0 spiro atoms. The normalized spacial score (nSPS) is 18.1. The molecule has 2 aromatic rings. The number of thiophene rings is 1. The van der Waals surface area contributed by atoms with Crippen LogP contribution in [0, 0.1) is 19.7 Å². The summed E-state index contributed by atoms with van der Waals surface area (Å²) in [4.78, 5) is 3.57. The van der Waals surface area contributed by atoms with Crippen LogP contribution in [0.15, 0.2) is 29.2 Å². The topological polar surface area (TPSA) is 12.0 Å². The summed E-state index contributed by atoms with van der Waals surface area (Å²) in [5.41, 5.74) is 2.48. The third-order valence-corrected chi connectivity index (χ3v) is 6.08. The van der Waals surface area contributed by atoms with Crippen molar-refractivity contribution in [3.63, 3.8) is 0 Å². The summed E-state index contributed by atoms with van der Waals surface area (Å²) in [5, 5.41) is 3.59. The summed E-state index contributed by atoms with van der Waals surface area (Å²) < 4.78 is 13.8. The molecule has 20 heavy (non-hydrogen) atoms. The van der Waals surface area contributed by atoms with E-state index in [4.69, 9.17) is 0 Å². The van der Waals surface area contributed by atoms with Crippen LogP contribution in [0.5, 0.6) is 0 Å². The molecule has 0 bridgehead atoms. The van der Waals surface area contributed by atoms with Crippen molar-refractivity contribution >= 4 is 23.1 Å². The molecule has 0 aliphatic carbocycles. The molecular formula is C16H18FNS2. The van der Waals surface area contributed by atoms with Gasteiger partial charge in [0, 0.05) is 27.2 Å². The SMILES string of the molecule is Cc1cc(CNC2CCSc3c(F)cccc32)sc1C. The molecule has 0 fully saturated rings. The van der Waals surface area contributed by atoms with Gasteiger partial charge in [0.1, 0.15) is 5.82 Å². The van der Waals surface area contributed by atoms with E-state index < -0.39 is 0 Å². The molecule has 3 rings (SSSR count). The molecule has 1 nitrogen and oxygen atoms in total. The molecule has 0 amide bonds. The Hall–Kier alpha value is -0.840. The highest BCUT2D eigenvalue weighted by atomic mass is 32.2. The number of thioether (sulfide) groups is 1. The van der Waals surface area contributed by atoms with Gasteiger partial charge in [-0.05, 0) is 49.3 Å². The zero-order valence-electron chi connectivity index (χ0n) is 11.7. The van der Waals surface area contributed by atoms with Crippen LogP contribution in [0.4, 0.5) is 4.39 Å². The van der Waals surface area contributed by atoms with Gasteiger partial charge in [0.2, 0.25) is 0 Å². The van der Waals surface area contributed by atoms with Gasteiger partial charge in [0.25, 0.3) is 0 Å². The van der Waals surface area contributed by atoms with Gasteiger partial charge < -0.3 is 5.32 Å². The summed E-state index contributed by atoms with van der Waals surface area (Å²) in [6.45, 7) is 5.17. The Labute approximate surface area is 127 Å². The van der Waals surface area contributed by atoms with E-state index in [0.29, 0.717) is 0 Å². The molecule has 0 radical (unpaired) electrons. The molecule has 1 aliphatic rings. The lowest BCUT2D eigenvalue weighted by Gasteiger charge is -2.26. The van der Waals surface area contributed by atoms with Crippen molar-refractivity contribution in [2.45, 2.75) is 37.8 Å². The van der Waals surface area contributed by atoms with Crippen molar-refractivity contribution in [1.82, 2.24) is 5.32 Å². The number of rotatable bonds is 3. The van der Waals surface area contributed by atoms with Gasteiger partial charge in [-0.25, -0.2) is 4.39 Å². The summed E-state index contributed by atoms with van der Waals surface area (Å²) in [5.74, 6) is 0.899. The highest BCUT2D eigenvalue weighted by molar-refractivity contribution is 7.99. The molecule has 1 unspecified atom stereocenters. The lowest BCUT2D eigenvalue weighted by molar-refractivity contribution is 0.499. The monoisotopic (exact) mass is 307 g/mol. The second kappa shape index (κ2) is 5.88. The molecule has 1 aromatic heterocycles. The van der Waals surface area contributed by atoms with E-state index in [1.165, 1.54) is 15.3 Å². The van der Waals surface area contributed by atoms with Crippen LogP contribution in [0.1, 0.15) is 33.3 Å². The lowest BCUT2D eigenvalue weighted by Crippen LogP contribution is -2.24. The van der Waals surface area contributed by atoms with E-state index in [0.717, 1.165) is 29.2 Å². The highest BCUT2D eigenvalue weighted by Crippen LogP contribution is 2.38. The summed E-state index contributed by atoms with van der Waals surface area (Å²) >= 11 is 3.48. The average molecular weight is 307 g/mol. The fourth-order valence-electron chi connectivity index (χ4n) is 2.56. The van der Waals surface area contributed by atoms with Gasteiger partial charge in [0.05, 0.1) is 0 Å². The number of hydrogen-bond donors (Lipinski definition) is 1. The fourth-order valence-corrected chi connectivity index (χ4v) is 4.70. The molecule has 0 saturated carbocycles. The molecule has 1 N–H and O–H groups in total. The number of aryl methyl sites for hydroxylation is 2. The maximum atomic E-state index is 13.8. The van der Waals surface area contributed by atoms with Crippen LogP contribution in [-0.2, 0) is 6.54 Å². The van der Waals surface area contributed by atoms with E-state index in [1.807, 2.05) is 23.5 Å². The Morgan fingerprint density at radius 1 is 1.35 bits per heavy atom. The summed E-state index contributed by atoms with van der Waals surface area (Å²) in [6.07, 6.45) is 1.06. The van der Waals surface area contributed by atoms with Gasteiger partial charge >= 0.3 is 0 Å². The Morgan fingerprint density at radius 3 is 2.95 bits per heavy atom. The lowest BCUT2D eigenvalue weighted by atomic mass is 10.0. The minimum atomic E-state index is -0.0817. The molecule has 106 valence electrons. The van der Waals surface area contributed by atoms with Crippen LogP contribution < -0.4 is 5.32 Å². The van der Waals surface area contributed by atoms with E-state index in [9.17, 15) is 4.39 Å².